The van der Waals surface area contributed by atoms with Crippen LogP contribution in [0.5, 0.6) is 0 Å². The van der Waals surface area contributed by atoms with Gasteiger partial charge in [0.05, 0.1) is 6.54 Å². The molecule has 2 rings (SSSR count). The number of ether oxygens (including phenoxy) is 1. The number of aryl methyl sites for hydroxylation is 1. The van der Waals surface area contributed by atoms with Gasteiger partial charge >= 0.3 is 6.18 Å². The highest BCUT2D eigenvalue weighted by atomic mass is 19.4. The normalized spacial score (nSPS) is 23.5. The van der Waals surface area contributed by atoms with Crippen molar-refractivity contribution in [3.8, 4) is 0 Å². The Morgan fingerprint density at radius 2 is 2.16 bits per heavy atom. The molecule has 1 atom stereocenters. The Balaban J connectivity index is 2.21. The Kier molecular flexibility index (Phi) is 6.32. The summed E-state index contributed by atoms with van der Waals surface area (Å²) in [6.45, 7) is 3.47. The molecule has 0 bridgehead atoms. The van der Waals surface area contributed by atoms with Gasteiger partial charge in [0.1, 0.15) is 11.5 Å². The van der Waals surface area contributed by atoms with Crippen LogP contribution in [0.3, 0.4) is 0 Å². The van der Waals surface area contributed by atoms with Gasteiger partial charge in [-0.2, -0.15) is 13.2 Å². The fourth-order valence-electron chi connectivity index (χ4n) is 2.87. The quantitative estimate of drug-likeness (QED) is 0.791. The molecule has 140 valence electrons. The first-order valence-electron chi connectivity index (χ1n) is 8.50. The predicted molar refractivity (Wildman–Crippen MR) is 86.9 cm³/mol. The Hall–Kier alpha value is -1.76. The summed E-state index contributed by atoms with van der Waals surface area (Å²) in [6.07, 6.45) is -0.936. The summed E-state index contributed by atoms with van der Waals surface area (Å²) in [5, 5.41) is 2.33. The number of alkyl halides is 3. The molecule has 0 radical (unpaired) electrons. The van der Waals surface area contributed by atoms with Gasteiger partial charge in [-0.05, 0) is 38.3 Å². The van der Waals surface area contributed by atoms with Gasteiger partial charge in [-0.1, -0.05) is 25.0 Å². The summed E-state index contributed by atoms with van der Waals surface area (Å²) in [5.74, 6) is -0.137. The monoisotopic (exact) mass is 359 g/mol. The second kappa shape index (κ2) is 8.08. The highest BCUT2D eigenvalue weighted by Gasteiger charge is 2.62. The van der Waals surface area contributed by atoms with Crippen LogP contribution < -0.4 is 5.32 Å². The van der Waals surface area contributed by atoms with E-state index < -0.39 is 24.1 Å². The number of hydrogen-bond donors (Lipinski definition) is 1. The van der Waals surface area contributed by atoms with Crippen molar-refractivity contribution in [1.82, 2.24) is 5.32 Å². The summed E-state index contributed by atoms with van der Waals surface area (Å²) >= 11 is 0. The minimum atomic E-state index is -4.80. The molecule has 1 aliphatic heterocycles. The molecule has 25 heavy (non-hydrogen) atoms. The Morgan fingerprint density at radius 1 is 1.40 bits per heavy atom. The molecule has 1 fully saturated rings. The number of halogens is 3. The molecule has 1 N–H and O–H groups in total. The van der Waals surface area contributed by atoms with Gasteiger partial charge in [0.25, 0.3) is 5.91 Å². The summed E-state index contributed by atoms with van der Waals surface area (Å²) in [4.78, 5) is 12.5. The minimum absolute atomic E-state index is 0.101. The smallest absolute Gasteiger partial charge is 0.426 e. The number of hydrogen-bond acceptors (Lipinski definition) is 3. The average molecular weight is 359 g/mol. The molecule has 1 unspecified atom stereocenters. The van der Waals surface area contributed by atoms with Gasteiger partial charge < -0.3 is 14.5 Å². The fourth-order valence-corrected chi connectivity index (χ4v) is 2.87. The summed E-state index contributed by atoms with van der Waals surface area (Å²) in [6, 6.07) is 3.31. The van der Waals surface area contributed by atoms with Crippen molar-refractivity contribution in [3.63, 3.8) is 0 Å². The molecule has 1 aromatic heterocycles. The lowest BCUT2D eigenvalue weighted by molar-refractivity contribution is -0.265. The average Bonchev–Trinajstić information content (AvgIpc) is 2.83. The van der Waals surface area contributed by atoms with E-state index in [1.54, 1.807) is 25.1 Å². The van der Waals surface area contributed by atoms with Crippen molar-refractivity contribution in [1.29, 1.82) is 0 Å². The molecule has 7 heteroatoms. The molecular formula is C18H24F3NO3. The molecule has 1 amide bonds. The van der Waals surface area contributed by atoms with E-state index in [2.05, 4.69) is 5.32 Å². The van der Waals surface area contributed by atoms with Crippen molar-refractivity contribution in [2.45, 2.75) is 64.3 Å². The largest absolute Gasteiger partial charge is 0.465 e. The highest BCUT2D eigenvalue weighted by Crippen LogP contribution is 2.41. The van der Waals surface area contributed by atoms with Gasteiger partial charge in [-0.15, -0.1) is 0 Å². The van der Waals surface area contributed by atoms with Crippen LogP contribution in [0.1, 0.15) is 50.5 Å². The lowest BCUT2D eigenvalue weighted by atomic mass is 9.90. The van der Waals surface area contributed by atoms with Gasteiger partial charge in [0.15, 0.2) is 0 Å². The van der Waals surface area contributed by atoms with E-state index in [0.717, 1.165) is 6.42 Å². The summed E-state index contributed by atoms with van der Waals surface area (Å²) < 4.78 is 51.9. The number of nitrogens with one attached hydrogen (secondary N) is 1. The van der Waals surface area contributed by atoms with E-state index in [1.165, 1.54) is 0 Å². The lowest BCUT2D eigenvalue weighted by Gasteiger charge is -2.33. The number of allylic oxidation sites excluding steroid dienone is 1. The molecule has 4 nitrogen and oxygen atoms in total. The lowest BCUT2D eigenvalue weighted by Crippen LogP contribution is -2.58. The number of carbonyl (C=O) groups excluding carboxylic acids is 1. The van der Waals surface area contributed by atoms with E-state index in [-0.39, 0.29) is 13.2 Å². The molecular weight excluding hydrogens is 335 g/mol. The minimum Gasteiger partial charge on any atom is -0.465 e. The number of amides is 1. The second-order valence-electron chi connectivity index (χ2n) is 6.30. The predicted octanol–water partition coefficient (Wildman–Crippen LogP) is 4.43. The Bertz CT molecular complexity index is 621. The molecule has 0 aromatic carbocycles. The van der Waals surface area contributed by atoms with Crippen LogP contribution in [0.4, 0.5) is 13.2 Å². The van der Waals surface area contributed by atoms with Crippen molar-refractivity contribution in [2.24, 2.45) is 0 Å². The topological polar surface area (TPSA) is 51.5 Å². The third-order valence-electron chi connectivity index (χ3n) is 4.23. The summed E-state index contributed by atoms with van der Waals surface area (Å²) in [7, 11) is 0. The maximum atomic E-state index is 13.8. The summed E-state index contributed by atoms with van der Waals surface area (Å²) in [5.41, 5.74) is -2.22. The van der Waals surface area contributed by atoms with Crippen LogP contribution in [0.2, 0.25) is 0 Å². The van der Waals surface area contributed by atoms with Crippen LogP contribution in [-0.2, 0) is 16.1 Å². The first-order chi connectivity index (χ1) is 11.8. The Morgan fingerprint density at radius 3 is 2.76 bits per heavy atom. The molecule has 1 aliphatic rings. The highest BCUT2D eigenvalue weighted by molar-refractivity contribution is 5.86. The maximum Gasteiger partial charge on any atom is 0.426 e. The third-order valence-corrected chi connectivity index (χ3v) is 4.23. The fraction of sp³-hybridized carbons (Fsp3) is 0.611. The van der Waals surface area contributed by atoms with E-state index in [9.17, 15) is 18.0 Å². The molecule has 0 saturated carbocycles. The number of furan rings is 1. The molecule has 0 spiro atoms. The first kappa shape index (κ1) is 19.6. The molecule has 1 aromatic rings. The molecule has 0 aliphatic carbocycles. The zero-order valence-corrected chi connectivity index (χ0v) is 14.5. The number of rotatable bonds is 5. The van der Waals surface area contributed by atoms with Crippen LogP contribution >= 0.6 is 0 Å². The van der Waals surface area contributed by atoms with E-state index >= 15 is 0 Å². The van der Waals surface area contributed by atoms with E-state index in [0.29, 0.717) is 36.4 Å². The van der Waals surface area contributed by atoms with Crippen LogP contribution in [0.25, 0.3) is 0 Å². The van der Waals surface area contributed by atoms with Crippen LogP contribution in [0.15, 0.2) is 28.2 Å². The van der Waals surface area contributed by atoms with E-state index in [1.807, 2.05) is 6.92 Å². The van der Waals surface area contributed by atoms with Crippen LogP contribution in [0, 0.1) is 6.92 Å². The van der Waals surface area contributed by atoms with E-state index in [4.69, 9.17) is 9.15 Å². The number of unbranched alkanes of at least 4 members (excludes halogenated alkanes) is 1. The van der Waals surface area contributed by atoms with Crippen molar-refractivity contribution < 1.29 is 27.1 Å². The third kappa shape index (κ3) is 4.66. The van der Waals surface area contributed by atoms with Gasteiger partial charge in [-0.3, -0.25) is 4.79 Å². The number of carbonyl (C=O) groups is 1. The first-order valence-corrected chi connectivity index (χ1v) is 8.50. The maximum absolute atomic E-state index is 13.8. The van der Waals surface area contributed by atoms with Crippen molar-refractivity contribution >= 4 is 5.91 Å². The molecule has 2 heterocycles. The van der Waals surface area contributed by atoms with Crippen LogP contribution in [-0.4, -0.2) is 24.3 Å². The SMILES string of the molecule is CCC/C=C1/CCCOC(C(=O)NCc2ccc(C)o2)(C(F)(F)F)C1. The van der Waals surface area contributed by atoms with Gasteiger partial charge in [0.2, 0.25) is 5.60 Å². The van der Waals surface area contributed by atoms with Gasteiger partial charge in [0, 0.05) is 13.0 Å². The van der Waals surface area contributed by atoms with Crippen molar-refractivity contribution in [3.05, 3.63) is 35.3 Å². The Labute approximate surface area is 145 Å². The standard InChI is InChI=1S/C18H24F3NO3/c1-3-4-6-14-7-5-10-24-17(11-14,18(19,20)21)16(23)22-12-15-9-8-13(2)25-15/h6,8-9H,3-5,7,10-12H2,1-2H3,(H,22,23)/b14-6-. The zero-order chi connectivity index (χ0) is 18.5. The zero-order valence-electron chi connectivity index (χ0n) is 14.5. The van der Waals surface area contributed by atoms with Crippen molar-refractivity contribution in [2.75, 3.05) is 6.61 Å². The molecule has 1 saturated heterocycles. The van der Waals surface area contributed by atoms with Gasteiger partial charge in [-0.25, -0.2) is 0 Å². The second-order valence-corrected chi connectivity index (χ2v) is 6.30.